The SMILES string of the molecule is COc1ccc(B2OC(C)(C)C(C)(C)O2)cc1C(C)=O. The third kappa shape index (κ3) is 2.48. The van der Waals surface area contributed by atoms with Crippen molar-refractivity contribution in [2.24, 2.45) is 0 Å². The highest BCUT2D eigenvalue weighted by atomic mass is 16.7. The maximum Gasteiger partial charge on any atom is 0.494 e. The van der Waals surface area contributed by atoms with Crippen LogP contribution < -0.4 is 10.2 Å². The highest BCUT2D eigenvalue weighted by Crippen LogP contribution is 2.36. The van der Waals surface area contributed by atoms with E-state index in [-0.39, 0.29) is 5.78 Å². The van der Waals surface area contributed by atoms with Gasteiger partial charge in [-0.3, -0.25) is 4.79 Å². The molecule has 0 radical (unpaired) electrons. The fourth-order valence-corrected chi connectivity index (χ4v) is 2.13. The highest BCUT2D eigenvalue weighted by Gasteiger charge is 2.51. The fourth-order valence-electron chi connectivity index (χ4n) is 2.13. The summed E-state index contributed by atoms with van der Waals surface area (Å²) >= 11 is 0. The molecule has 1 heterocycles. The van der Waals surface area contributed by atoms with Crippen molar-refractivity contribution in [3.05, 3.63) is 23.8 Å². The molecule has 0 atom stereocenters. The Bertz CT molecular complexity index is 521. The molecule has 0 saturated carbocycles. The number of rotatable bonds is 3. The van der Waals surface area contributed by atoms with Gasteiger partial charge in [-0.25, -0.2) is 0 Å². The Labute approximate surface area is 120 Å². The van der Waals surface area contributed by atoms with Crippen LogP contribution in [0.5, 0.6) is 5.75 Å². The third-order valence-electron chi connectivity index (χ3n) is 4.13. The summed E-state index contributed by atoms with van der Waals surface area (Å²) in [6.07, 6.45) is 0. The summed E-state index contributed by atoms with van der Waals surface area (Å²) in [6.45, 7) is 9.53. The molecule has 1 aliphatic rings. The molecular formula is C15H21BO4. The van der Waals surface area contributed by atoms with E-state index < -0.39 is 18.3 Å². The van der Waals surface area contributed by atoms with Crippen LogP contribution >= 0.6 is 0 Å². The van der Waals surface area contributed by atoms with Gasteiger partial charge < -0.3 is 14.0 Å². The minimum absolute atomic E-state index is 0.0415. The summed E-state index contributed by atoms with van der Waals surface area (Å²) in [5.41, 5.74) is 0.580. The number of hydrogen-bond acceptors (Lipinski definition) is 4. The zero-order valence-corrected chi connectivity index (χ0v) is 12.9. The molecule has 4 nitrogen and oxygen atoms in total. The number of Topliss-reactive ketones (excluding diaryl/α,β-unsaturated/α-hetero) is 1. The van der Waals surface area contributed by atoms with Gasteiger partial charge in [0.25, 0.3) is 0 Å². The molecule has 5 heteroatoms. The topological polar surface area (TPSA) is 44.8 Å². The van der Waals surface area contributed by atoms with Crippen LogP contribution in [0.15, 0.2) is 18.2 Å². The molecule has 108 valence electrons. The summed E-state index contributed by atoms with van der Waals surface area (Å²) in [6, 6.07) is 5.42. The van der Waals surface area contributed by atoms with Crippen molar-refractivity contribution in [1.29, 1.82) is 0 Å². The van der Waals surface area contributed by atoms with Gasteiger partial charge in [-0.2, -0.15) is 0 Å². The van der Waals surface area contributed by atoms with Gasteiger partial charge in [-0.05, 0) is 52.2 Å². The zero-order valence-electron chi connectivity index (χ0n) is 12.9. The quantitative estimate of drug-likeness (QED) is 0.627. The van der Waals surface area contributed by atoms with Crippen molar-refractivity contribution in [2.45, 2.75) is 45.8 Å². The summed E-state index contributed by atoms with van der Waals surface area (Å²) < 4.78 is 17.2. The normalized spacial score (nSPS) is 20.0. The van der Waals surface area contributed by atoms with Gasteiger partial charge in [0, 0.05) is 0 Å². The van der Waals surface area contributed by atoms with E-state index in [0.717, 1.165) is 5.46 Å². The number of carbonyl (C=O) groups is 1. The number of carbonyl (C=O) groups excluding carboxylic acids is 1. The van der Waals surface area contributed by atoms with E-state index in [2.05, 4.69) is 0 Å². The van der Waals surface area contributed by atoms with E-state index >= 15 is 0 Å². The second kappa shape index (κ2) is 4.90. The average molecular weight is 276 g/mol. The molecule has 1 saturated heterocycles. The number of benzene rings is 1. The lowest BCUT2D eigenvalue weighted by Gasteiger charge is -2.32. The van der Waals surface area contributed by atoms with Gasteiger partial charge in [0.15, 0.2) is 5.78 Å². The molecular weight excluding hydrogens is 255 g/mol. The lowest BCUT2D eigenvalue weighted by molar-refractivity contribution is 0.00578. The fraction of sp³-hybridized carbons (Fsp3) is 0.533. The molecule has 0 aliphatic carbocycles. The Kier molecular flexibility index (Phi) is 3.69. The minimum atomic E-state index is -0.469. The predicted molar refractivity (Wildman–Crippen MR) is 78.7 cm³/mol. The third-order valence-corrected chi connectivity index (χ3v) is 4.13. The molecule has 1 aromatic carbocycles. The lowest BCUT2D eigenvalue weighted by atomic mass is 9.78. The first-order valence-electron chi connectivity index (χ1n) is 6.72. The van der Waals surface area contributed by atoms with E-state index in [4.69, 9.17) is 14.0 Å². The van der Waals surface area contributed by atoms with Crippen molar-refractivity contribution >= 4 is 18.4 Å². The molecule has 0 spiro atoms. The first-order chi connectivity index (χ1) is 9.18. The van der Waals surface area contributed by atoms with Gasteiger partial charge in [0.1, 0.15) is 5.75 Å². The highest BCUT2D eigenvalue weighted by molar-refractivity contribution is 6.62. The molecule has 1 fully saturated rings. The molecule has 1 aliphatic heterocycles. The Morgan fingerprint density at radius 2 is 1.70 bits per heavy atom. The van der Waals surface area contributed by atoms with Gasteiger partial charge >= 0.3 is 7.12 Å². The van der Waals surface area contributed by atoms with Crippen LogP contribution in [0.2, 0.25) is 0 Å². The van der Waals surface area contributed by atoms with E-state index in [1.165, 1.54) is 6.92 Å². The molecule has 0 N–H and O–H groups in total. The Hall–Kier alpha value is -1.33. The van der Waals surface area contributed by atoms with Crippen molar-refractivity contribution in [3.63, 3.8) is 0 Å². The number of ketones is 1. The number of methoxy groups -OCH3 is 1. The van der Waals surface area contributed by atoms with Crippen LogP contribution in [0.3, 0.4) is 0 Å². The van der Waals surface area contributed by atoms with Crippen molar-refractivity contribution in [1.82, 2.24) is 0 Å². The van der Waals surface area contributed by atoms with Crippen LogP contribution in [0.4, 0.5) is 0 Å². The zero-order chi connectivity index (χ0) is 15.1. The number of ether oxygens (including phenoxy) is 1. The molecule has 1 aromatic rings. The smallest absolute Gasteiger partial charge is 0.494 e. The molecule has 2 rings (SSSR count). The van der Waals surface area contributed by atoms with Crippen LogP contribution in [0, 0.1) is 0 Å². The van der Waals surface area contributed by atoms with Crippen LogP contribution in [0.25, 0.3) is 0 Å². The predicted octanol–water partition coefficient (Wildman–Crippen LogP) is 2.20. The van der Waals surface area contributed by atoms with E-state index in [0.29, 0.717) is 11.3 Å². The average Bonchev–Trinajstić information content (AvgIpc) is 2.57. The summed E-state index contributed by atoms with van der Waals surface area (Å²) in [7, 11) is 1.08. The minimum Gasteiger partial charge on any atom is -0.496 e. The maximum atomic E-state index is 11.7. The molecule has 0 bridgehead atoms. The largest absolute Gasteiger partial charge is 0.496 e. The second-order valence-electron chi connectivity index (χ2n) is 6.10. The monoisotopic (exact) mass is 276 g/mol. The first kappa shape index (κ1) is 15.1. The Balaban J connectivity index is 2.36. The van der Waals surface area contributed by atoms with Gasteiger partial charge in [0.2, 0.25) is 0 Å². The van der Waals surface area contributed by atoms with Gasteiger partial charge in [-0.15, -0.1) is 0 Å². The van der Waals surface area contributed by atoms with E-state index in [9.17, 15) is 4.79 Å². The van der Waals surface area contributed by atoms with Gasteiger partial charge in [-0.1, -0.05) is 6.07 Å². The Morgan fingerprint density at radius 1 is 1.15 bits per heavy atom. The van der Waals surface area contributed by atoms with Crippen LogP contribution in [0.1, 0.15) is 45.0 Å². The van der Waals surface area contributed by atoms with E-state index in [1.807, 2.05) is 33.8 Å². The molecule has 0 unspecified atom stereocenters. The second-order valence-corrected chi connectivity index (χ2v) is 6.10. The van der Waals surface area contributed by atoms with E-state index in [1.54, 1.807) is 19.2 Å². The molecule has 0 amide bonds. The van der Waals surface area contributed by atoms with Crippen molar-refractivity contribution < 1.29 is 18.8 Å². The van der Waals surface area contributed by atoms with Gasteiger partial charge in [0.05, 0.1) is 23.9 Å². The standard InChI is InChI=1S/C15H21BO4/c1-10(17)12-9-11(7-8-13(12)18-6)16-19-14(2,3)15(4,5)20-16/h7-9H,1-6H3. The van der Waals surface area contributed by atoms with Crippen LogP contribution in [-0.4, -0.2) is 31.2 Å². The summed E-state index contributed by atoms with van der Waals surface area (Å²) in [4.78, 5) is 11.7. The van der Waals surface area contributed by atoms with Crippen LogP contribution in [-0.2, 0) is 9.31 Å². The lowest BCUT2D eigenvalue weighted by Crippen LogP contribution is -2.41. The van der Waals surface area contributed by atoms with Crippen molar-refractivity contribution in [3.8, 4) is 5.75 Å². The Morgan fingerprint density at radius 3 is 2.15 bits per heavy atom. The molecule has 20 heavy (non-hydrogen) atoms. The molecule has 0 aromatic heterocycles. The summed E-state index contributed by atoms with van der Waals surface area (Å²) in [5, 5.41) is 0. The maximum absolute atomic E-state index is 11.7. The van der Waals surface area contributed by atoms with Crippen molar-refractivity contribution in [2.75, 3.05) is 7.11 Å². The first-order valence-corrected chi connectivity index (χ1v) is 6.72. The summed E-state index contributed by atoms with van der Waals surface area (Å²) in [5.74, 6) is 0.526. The number of hydrogen-bond donors (Lipinski definition) is 0.